The molecular formula is C20H24FeN2O4. The number of aromatic nitrogens is 2. The Morgan fingerprint density at radius 2 is 0.741 bits per heavy atom. The summed E-state index contributed by atoms with van der Waals surface area (Å²) < 4.78 is 0. The van der Waals surface area contributed by atoms with Gasteiger partial charge in [0.05, 0.1) is 0 Å². The maximum Gasteiger partial charge on any atom is 2.00 e. The first-order chi connectivity index (χ1) is 12.3. The second-order valence-corrected chi connectivity index (χ2v) is 4.78. The Kier molecular flexibility index (Phi) is 22.9. The van der Waals surface area contributed by atoms with Gasteiger partial charge in [-0.05, 0) is 52.0 Å². The first-order valence-corrected chi connectivity index (χ1v) is 7.67. The van der Waals surface area contributed by atoms with Crippen molar-refractivity contribution >= 4 is 23.1 Å². The van der Waals surface area contributed by atoms with Gasteiger partial charge >= 0.3 is 17.1 Å². The minimum Gasteiger partial charge on any atom is -0.334 e. The van der Waals surface area contributed by atoms with E-state index in [2.05, 4.69) is 9.97 Å². The number of hydrogen-bond acceptors (Lipinski definition) is 6. The van der Waals surface area contributed by atoms with Gasteiger partial charge in [-0.15, -0.1) is 0 Å². The van der Waals surface area contributed by atoms with E-state index in [4.69, 9.17) is 0 Å². The van der Waals surface area contributed by atoms with Crippen molar-refractivity contribution in [3.05, 3.63) is 74.0 Å². The molecule has 0 amide bonds. The minimum atomic E-state index is -0.187. The Morgan fingerprint density at radius 3 is 0.778 bits per heavy atom. The number of nitrogens with zero attached hydrogens (tertiary/aromatic N) is 2. The van der Waals surface area contributed by atoms with Crippen molar-refractivity contribution in [1.29, 1.82) is 0 Å². The van der Waals surface area contributed by atoms with Crippen molar-refractivity contribution in [2.24, 2.45) is 0 Å². The molecule has 0 bridgehead atoms. The van der Waals surface area contributed by atoms with Gasteiger partial charge in [0.1, 0.15) is 0 Å². The van der Waals surface area contributed by atoms with Gasteiger partial charge in [-0.2, -0.15) is 0 Å². The fraction of sp³-hybridized carbons (Fsp3) is 0.200. The van der Waals surface area contributed by atoms with E-state index in [-0.39, 0.29) is 40.2 Å². The molecule has 2 heterocycles. The molecule has 0 aliphatic carbocycles. The molecule has 0 aliphatic rings. The van der Waals surface area contributed by atoms with Crippen molar-refractivity contribution < 1.29 is 36.2 Å². The molecule has 0 aromatic carbocycles. The maximum absolute atomic E-state index is 9.98. The average Bonchev–Trinajstić information content (AvgIpc) is 2.57. The van der Waals surface area contributed by atoms with E-state index >= 15 is 0 Å². The van der Waals surface area contributed by atoms with Gasteiger partial charge in [0.25, 0.3) is 0 Å². The van der Waals surface area contributed by atoms with Crippen LogP contribution in [0.5, 0.6) is 0 Å². The molecule has 0 radical (unpaired) electrons. The number of carbonyl (C=O) groups excluding carboxylic acids is 4. The molecule has 0 N–H and O–H groups in total. The Morgan fingerprint density at radius 1 is 0.519 bits per heavy atom. The van der Waals surface area contributed by atoms with Crippen LogP contribution in [0.2, 0.25) is 0 Å². The van der Waals surface area contributed by atoms with Crippen molar-refractivity contribution in [2.75, 3.05) is 0 Å². The van der Waals surface area contributed by atoms with Gasteiger partial charge in [0.2, 0.25) is 0 Å². The zero-order valence-corrected chi connectivity index (χ0v) is 16.9. The van der Waals surface area contributed by atoms with E-state index in [1.54, 1.807) is 24.8 Å². The van der Waals surface area contributed by atoms with Crippen LogP contribution < -0.4 is 0 Å². The fourth-order valence-corrected chi connectivity index (χ4v) is 1.20. The predicted molar refractivity (Wildman–Crippen MR) is 99.8 cm³/mol. The normalized spacial score (nSPS) is 7.56. The largest absolute Gasteiger partial charge is 2.00 e. The summed E-state index contributed by atoms with van der Waals surface area (Å²) in [5, 5.41) is 0. The number of carbonyl (C=O) groups is 4. The monoisotopic (exact) mass is 412 g/mol. The number of pyridine rings is 2. The molecule has 7 heteroatoms. The van der Waals surface area contributed by atoms with Crippen LogP contribution in [0.25, 0.3) is 0 Å². The first-order valence-electron chi connectivity index (χ1n) is 7.67. The van der Waals surface area contributed by atoms with E-state index in [0.717, 1.165) is 12.8 Å². The van der Waals surface area contributed by atoms with E-state index < -0.39 is 0 Å². The van der Waals surface area contributed by atoms with E-state index in [1.807, 2.05) is 36.4 Å². The second-order valence-electron chi connectivity index (χ2n) is 4.78. The summed E-state index contributed by atoms with van der Waals surface area (Å²) in [5.41, 5.74) is 0. The fourth-order valence-electron chi connectivity index (χ4n) is 1.20. The number of rotatable bonds is 4. The summed E-state index contributed by atoms with van der Waals surface area (Å²) in [7, 11) is 0. The molecule has 2 aromatic rings. The third kappa shape index (κ3) is 35.3. The standard InChI is InChI=1S/2C5H5N.2C5H7O2.Fe/c2*1-2-4-6-5-3-1;2*1-4(6)3-5(2)7;/h2*1-5H;2*3H,1-2H3;/q;;2*-1;+2. The number of Topliss-reactive ketones (excluding diaryl/α,β-unsaturated/α-hetero) is 4. The smallest absolute Gasteiger partial charge is 0.334 e. The molecule has 0 saturated carbocycles. The van der Waals surface area contributed by atoms with Crippen LogP contribution in [0.15, 0.2) is 61.2 Å². The molecule has 0 aliphatic heterocycles. The third-order valence-electron chi connectivity index (χ3n) is 1.95. The summed E-state index contributed by atoms with van der Waals surface area (Å²) >= 11 is 0. The third-order valence-corrected chi connectivity index (χ3v) is 1.95. The Labute approximate surface area is 171 Å². The van der Waals surface area contributed by atoms with Crippen molar-refractivity contribution in [2.45, 2.75) is 27.7 Å². The molecule has 6 nitrogen and oxygen atoms in total. The van der Waals surface area contributed by atoms with Crippen LogP contribution in [-0.4, -0.2) is 33.1 Å². The van der Waals surface area contributed by atoms with Crippen LogP contribution in [0, 0.1) is 12.8 Å². The second kappa shape index (κ2) is 21.3. The van der Waals surface area contributed by atoms with Crippen LogP contribution >= 0.6 is 0 Å². The first kappa shape index (κ1) is 29.0. The van der Waals surface area contributed by atoms with Crippen LogP contribution in [0.1, 0.15) is 27.7 Å². The molecule has 2 aromatic heterocycles. The zero-order valence-electron chi connectivity index (χ0n) is 15.8. The molecule has 0 unspecified atom stereocenters. The maximum atomic E-state index is 9.98. The Hall–Kier alpha value is -2.76. The molecule has 146 valence electrons. The SMILES string of the molecule is CC(=O)[CH-]C(C)=O.CC(=O)[CH-]C(C)=O.[Fe+2].c1ccncc1.c1ccncc1. The number of hydrogen-bond donors (Lipinski definition) is 0. The minimum absolute atomic E-state index is 0. The Balaban J connectivity index is -0.000000281. The summed E-state index contributed by atoms with van der Waals surface area (Å²) in [6, 6.07) is 11.4. The molecule has 0 atom stereocenters. The quantitative estimate of drug-likeness (QED) is 0.436. The van der Waals surface area contributed by atoms with Crippen LogP contribution in [0.4, 0.5) is 0 Å². The van der Waals surface area contributed by atoms with Crippen molar-refractivity contribution in [3.63, 3.8) is 0 Å². The number of ketones is 4. The van der Waals surface area contributed by atoms with Crippen molar-refractivity contribution in [3.8, 4) is 0 Å². The van der Waals surface area contributed by atoms with E-state index in [0.29, 0.717) is 0 Å². The van der Waals surface area contributed by atoms with Gasteiger partial charge < -0.3 is 19.2 Å². The topological polar surface area (TPSA) is 94.1 Å². The zero-order chi connectivity index (χ0) is 20.2. The van der Waals surface area contributed by atoms with Gasteiger partial charge in [-0.3, -0.25) is 22.8 Å². The van der Waals surface area contributed by atoms with Gasteiger partial charge in [0.15, 0.2) is 0 Å². The van der Waals surface area contributed by atoms with Crippen LogP contribution in [-0.2, 0) is 36.2 Å². The predicted octanol–water partition coefficient (Wildman–Crippen LogP) is 2.90. The average molecular weight is 412 g/mol. The summed E-state index contributed by atoms with van der Waals surface area (Å²) in [4.78, 5) is 47.5. The summed E-state index contributed by atoms with van der Waals surface area (Å²) in [6.07, 6.45) is 9.11. The van der Waals surface area contributed by atoms with Gasteiger partial charge in [0, 0.05) is 47.9 Å². The summed E-state index contributed by atoms with van der Waals surface area (Å²) in [5.74, 6) is -0.750. The molecule has 27 heavy (non-hydrogen) atoms. The van der Waals surface area contributed by atoms with E-state index in [1.165, 1.54) is 27.7 Å². The summed E-state index contributed by atoms with van der Waals surface area (Å²) in [6.45, 7) is 5.39. The Bertz CT molecular complexity index is 500. The molecular weight excluding hydrogens is 388 g/mol. The molecule has 0 fully saturated rings. The van der Waals surface area contributed by atoms with Crippen LogP contribution in [0.3, 0.4) is 0 Å². The van der Waals surface area contributed by atoms with Gasteiger partial charge in [-0.25, -0.2) is 0 Å². The van der Waals surface area contributed by atoms with E-state index in [9.17, 15) is 19.2 Å². The molecule has 2 rings (SSSR count). The van der Waals surface area contributed by atoms with Gasteiger partial charge in [-0.1, -0.05) is 12.1 Å². The molecule has 0 spiro atoms. The van der Waals surface area contributed by atoms with Crippen molar-refractivity contribution in [1.82, 2.24) is 9.97 Å². The molecule has 0 saturated heterocycles.